The van der Waals surface area contributed by atoms with Gasteiger partial charge in [-0.15, -0.1) is 0 Å². The Bertz CT molecular complexity index is 1010. The maximum absolute atomic E-state index is 12.6. The van der Waals surface area contributed by atoms with Gasteiger partial charge in [0.15, 0.2) is 12.4 Å². The van der Waals surface area contributed by atoms with Crippen LogP contribution in [-0.4, -0.2) is 75.3 Å². The summed E-state index contributed by atoms with van der Waals surface area (Å²) in [5.74, 6) is -1.39. The molecule has 0 heterocycles. The van der Waals surface area contributed by atoms with Crippen LogP contribution in [0.1, 0.15) is 78.1 Å². The second kappa shape index (κ2) is 11.1. The Morgan fingerprint density at radius 1 is 1.16 bits per heavy atom. The first-order valence-electron chi connectivity index (χ1n) is 13.9. The van der Waals surface area contributed by atoms with Gasteiger partial charge in [0.2, 0.25) is 0 Å². The number of unbranched alkanes of at least 4 members (excludes halogenated alkanes) is 1. The number of carboxylic acid groups (broad SMARTS) is 1. The van der Waals surface area contributed by atoms with Crippen molar-refractivity contribution >= 4 is 23.4 Å². The van der Waals surface area contributed by atoms with Gasteiger partial charge in [0, 0.05) is 18.4 Å². The number of nitrogens with one attached hydrogen (secondary N) is 1. The molecule has 38 heavy (non-hydrogen) atoms. The third-order valence-corrected chi connectivity index (χ3v) is 10.2. The van der Waals surface area contributed by atoms with Crippen molar-refractivity contribution in [2.75, 3.05) is 19.8 Å². The van der Waals surface area contributed by atoms with Gasteiger partial charge in [-0.1, -0.05) is 24.6 Å². The van der Waals surface area contributed by atoms with Crippen LogP contribution in [0.5, 0.6) is 0 Å². The lowest BCUT2D eigenvalue weighted by atomic mass is 9.45. The SMILES string of the molecule is C[C@]12CC/C(=N/OCC(=O)NCCCCC(=O)O)C=C1CC[C@@H]1[C@@H]2[C@@H](O)C[C@@]2(C)[C@H]1CC[C@@]2(O)C(=O)CO. The molecule has 5 N–H and O–H groups in total. The lowest BCUT2D eigenvalue weighted by molar-refractivity contribution is -0.181. The van der Waals surface area contributed by atoms with E-state index in [0.717, 1.165) is 25.0 Å². The minimum absolute atomic E-state index is 0.0153. The number of carbonyl (C=O) groups excluding carboxylic acids is 2. The number of rotatable bonds is 10. The number of allylic oxidation sites excluding steroid dienone is 2. The standard InChI is InChI=1S/C28H42N2O8/c1-26-10-8-18(30-38-16-23(34)29-12-4-3-5-24(35)36)13-17(26)6-7-19-20-9-11-28(37,22(33)15-31)27(20,2)14-21(32)25(19)26/h13,19-21,25,31-32,37H,3-12,14-16H2,1-2H3,(H,29,34)(H,35,36)/b30-18-/t19-,20-,21-,25+,26-,27-,28+/m0/s1. The van der Waals surface area contributed by atoms with E-state index in [1.807, 2.05) is 13.0 Å². The summed E-state index contributed by atoms with van der Waals surface area (Å²) in [5, 5.41) is 47.9. The summed E-state index contributed by atoms with van der Waals surface area (Å²) >= 11 is 0. The number of hydrogen-bond acceptors (Lipinski definition) is 8. The Morgan fingerprint density at radius 3 is 2.63 bits per heavy atom. The lowest BCUT2D eigenvalue weighted by Gasteiger charge is -2.60. The topological polar surface area (TPSA) is 166 Å². The second-order valence-electron chi connectivity index (χ2n) is 12.1. The molecular formula is C28H42N2O8. The van der Waals surface area contributed by atoms with E-state index < -0.39 is 35.5 Å². The lowest BCUT2D eigenvalue weighted by Crippen LogP contribution is -2.62. The molecule has 0 aromatic heterocycles. The third kappa shape index (κ3) is 5.02. The van der Waals surface area contributed by atoms with Crippen molar-refractivity contribution in [2.24, 2.45) is 33.7 Å². The number of ketones is 1. The molecule has 0 aromatic rings. The van der Waals surface area contributed by atoms with Crippen molar-refractivity contribution in [3.63, 3.8) is 0 Å². The highest BCUT2D eigenvalue weighted by atomic mass is 16.6. The van der Waals surface area contributed by atoms with E-state index in [1.54, 1.807) is 0 Å². The van der Waals surface area contributed by atoms with Crippen molar-refractivity contribution in [1.82, 2.24) is 5.32 Å². The van der Waals surface area contributed by atoms with Crippen molar-refractivity contribution in [2.45, 2.75) is 89.8 Å². The Labute approximate surface area is 223 Å². The zero-order valence-corrected chi connectivity index (χ0v) is 22.4. The highest BCUT2D eigenvalue weighted by Crippen LogP contribution is 2.67. The zero-order valence-electron chi connectivity index (χ0n) is 22.4. The highest BCUT2D eigenvalue weighted by molar-refractivity contribution is 5.96. The number of carboxylic acids is 1. The number of fused-ring (bicyclic) bond motifs is 5. The smallest absolute Gasteiger partial charge is 0.303 e. The van der Waals surface area contributed by atoms with Crippen LogP contribution in [0.2, 0.25) is 0 Å². The number of carbonyl (C=O) groups is 3. The predicted molar refractivity (Wildman–Crippen MR) is 138 cm³/mol. The minimum Gasteiger partial charge on any atom is -0.481 e. The van der Waals surface area contributed by atoms with Crippen LogP contribution < -0.4 is 5.32 Å². The Balaban J connectivity index is 1.39. The van der Waals surface area contributed by atoms with Crippen LogP contribution in [-0.2, 0) is 19.2 Å². The molecule has 0 aliphatic heterocycles. The Morgan fingerprint density at radius 2 is 1.92 bits per heavy atom. The summed E-state index contributed by atoms with van der Waals surface area (Å²) in [6.07, 6.45) is 7.05. The molecule has 4 rings (SSSR count). The molecule has 10 nitrogen and oxygen atoms in total. The molecule has 0 unspecified atom stereocenters. The summed E-state index contributed by atoms with van der Waals surface area (Å²) in [5.41, 5.74) is -0.583. The van der Waals surface area contributed by atoms with Crippen LogP contribution in [0.4, 0.5) is 0 Å². The van der Waals surface area contributed by atoms with Crippen LogP contribution in [0, 0.1) is 28.6 Å². The molecule has 7 atom stereocenters. The van der Waals surface area contributed by atoms with Gasteiger partial charge in [-0.2, -0.15) is 0 Å². The fraction of sp³-hybridized carbons (Fsp3) is 0.786. The van der Waals surface area contributed by atoms with E-state index >= 15 is 0 Å². The van der Waals surface area contributed by atoms with Gasteiger partial charge in [-0.3, -0.25) is 14.4 Å². The van der Waals surface area contributed by atoms with Gasteiger partial charge in [-0.05, 0) is 87.0 Å². The van der Waals surface area contributed by atoms with Gasteiger partial charge in [0.05, 0.1) is 11.8 Å². The van der Waals surface area contributed by atoms with Crippen molar-refractivity contribution in [1.29, 1.82) is 0 Å². The average Bonchev–Trinajstić information content (AvgIpc) is 3.13. The third-order valence-electron chi connectivity index (χ3n) is 10.2. The normalized spacial score (nSPS) is 39.0. The molecule has 3 fully saturated rings. The van der Waals surface area contributed by atoms with Gasteiger partial charge >= 0.3 is 5.97 Å². The largest absolute Gasteiger partial charge is 0.481 e. The molecule has 0 saturated heterocycles. The van der Waals surface area contributed by atoms with Crippen LogP contribution in [0.3, 0.4) is 0 Å². The summed E-state index contributed by atoms with van der Waals surface area (Å²) < 4.78 is 0. The number of nitrogens with zero attached hydrogens (tertiary/aromatic N) is 1. The van der Waals surface area contributed by atoms with E-state index in [0.29, 0.717) is 45.1 Å². The summed E-state index contributed by atoms with van der Waals surface area (Å²) in [4.78, 5) is 40.4. The maximum Gasteiger partial charge on any atom is 0.303 e. The maximum atomic E-state index is 12.6. The van der Waals surface area contributed by atoms with Crippen LogP contribution in [0.15, 0.2) is 16.8 Å². The molecule has 0 bridgehead atoms. The van der Waals surface area contributed by atoms with Gasteiger partial charge < -0.3 is 30.6 Å². The molecule has 3 saturated carbocycles. The average molecular weight is 535 g/mol. The quantitative estimate of drug-likeness (QED) is 0.210. The van der Waals surface area contributed by atoms with E-state index in [-0.39, 0.29) is 42.1 Å². The van der Waals surface area contributed by atoms with Crippen molar-refractivity contribution < 1.29 is 39.6 Å². The molecule has 10 heteroatoms. The van der Waals surface area contributed by atoms with Crippen molar-refractivity contribution in [3.8, 4) is 0 Å². The predicted octanol–water partition coefficient (Wildman–Crippen LogP) is 1.96. The first-order chi connectivity index (χ1) is 18.0. The number of Topliss-reactive ketones (excluding diaryl/α,β-unsaturated/α-hetero) is 1. The summed E-state index contributed by atoms with van der Waals surface area (Å²) in [7, 11) is 0. The van der Waals surface area contributed by atoms with Crippen LogP contribution in [0.25, 0.3) is 0 Å². The molecule has 4 aliphatic rings. The van der Waals surface area contributed by atoms with Crippen LogP contribution >= 0.6 is 0 Å². The van der Waals surface area contributed by atoms with E-state index in [9.17, 15) is 29.7 Å². The molecule has 0 radical (unpaired) electrons. The number of amides is 1. The van der Waals surface area contributed by atoms with Gasteiger partial charge in [0.1, 0.15) is 12.2 Å². The zero-order chi connectivity index (χ0) is 27.7. The van der Waals surface area contributed by atoms with E-state index in [1.165, 1.54) is 5.57 Å². The number of aliphatic carboxylic acids is 1. The van der Waals surface area contributed by atoms with Gasteiger partial charge in [0.25, 0.3) is 5.91 Å². The molecule has 0 aromatic carbocycles. The first-order valence-corrected chi connectivity index (χ1v) is 13.9. The first kappa shape index (κ1) is 28.7. The van der Waals surface area contributed by atoms with E-state index in [4.69, 9.17) is 9.94 Å². The minimum atomic E-state index is -1.59. The van der Waals surface area contributed by atoms with E-state index in [2.05, 4.69) is 17.4 Å². The number of aliphatic hydroxyl groups is 3. The molecule has 212 valence electrons. The Kier molecular flexibility index (Phi) is 8.35. The fourth-order valence-corrected chi connectivity index (χ4v) is 8.22. The molecule has 4 aliphatic carbocycles. The molecular weight excluding hydrogens is 492 g/mol. The van der Waals surface area contributed by atoms with Gasteiger partial charge in [-0.25, -0.2) is 0 Å². The Hall–Kier alpha value is -2.30. The number of oxime groups is 1. The summed E-state index contributed by atoms with van der Waals surface area (Å²) in [6, 6.07) is 0. The second-order valence-corrected chi connectivity index (χ2v) is 12.1. The fourth-order valence-electron chi connectivity index (χ4n) is 8.22. The summed E-state index contributed by atoms with van der Waals surface area (Å²) in [6.45, 7) is 3.62. The molecule has 1 amide bonds. The highest BCUT2D eigenvalue weighted by Gasteiger charge is 2.68. The van der Waals surface area contributed by atoms with Crippen molar-refractivity contribution in [3.05, 3.63) is 11.6 Å². The number of aliphatic hydroxyl groups excluding tert-OH is 2. The molecule has 0 spiro atoms. The monoisotopic (exact) mass is 534 g/mol. The number of hydrogen-bond donors (Lipinski definition) is 5.